The molecular weight excluding hydrogens is 294 g/mol. The van der Waals surface area contributed by atoms with Crippen LogP contribution in [0.4, 0.5) is 0 Å². The Balaban J connectivity index is 1.43. The van der Waals surface area contributed by atoms with Crippen molar-refractivity contribution in [3.63, 3.8) is 0 Å². The molecule has 0 saturated carbocycles. The first-order valence-corrected chi connectivity index (χ1v) is 8.48. The highest BCUT2D eigenvalue weighted by Gasteiger charge is 2.14. The third kappa shape index (κ3) is 7.47. The zero-order valence-electron chi connectivity index (χ0n) is 14.0. The number of aryl methyl sites for hydroxylation is 1. The Hall–Kier alpha value is -1.60. The number of imidazole rings is 1. The molecule has 0 radical (unpaired) electrons. The summed E-state index contributed by atoms with van der Waals surface area (Å²) >= 11 is 0. The molecule has 0 bridgehead atoms. The fraction of sp³-hybridized carbons (Fsp3) is 0.750. The van der Waals surface area contributed by atoms with E-state index in [4.69, 9.17) is 9.47 Å². The Morgan fingerprint density at radius 1 is 1.39 bits per heavy atom. The second-order valence-corrected chi connectivity index (χ2v) is 5.64. The summed E-state index contributed by atoms with van der Waals surface area (Å²) in [6.07, 6.45) is 10.2. The molecule has 2 N–H and O–H groups in total. The van der Waals surface area contributed by atoms with E-state index in [-0.39, 0.29) is 0 Å². The van der Waals surface area contributed by atoms with Gasteiger partial charge in [-0.15, -0.1) is 0 Å². The molecule has 0 aromatic carbocycles. The first kappa shape index (κ1) is 17.7. The van der Waals surface area contributed by atoms with Crippen molar-refractivity contribution in [2.45, 2.75) is 38.3 Å². The molecule has 1 unspecified atom stereocenters. The SMILES string of the molecule is CN=C(NCCCOCC1CCCO1)NCCCn1ccnc1. The monoisotopic (exact) mass is 323 g/mol. The minimum atomic E-state index is 0.313. The third-order valence-corrected chi connectivity index (χ3v) is 3.75. The molecule has 7 nitrogen and oxygen atoms in total. The van der Waals surface area contributed by atoms with E-state index in [0.717, 1.165) is 64.7 Å². The van der Waals surface area contributed by atoms with Crippen LogP contribution in [0.5, 0.6) is 0 Å². The molecule has 1 aliphatic heterocycles. The average molecular weight is 323 g/mol. The fourth-order valence-electron chi connectivity index (χ4n) is 2.48. The van der Waals surface area contributed by atoms with Crippen molar-refractivity contribution in [2.24, 2.45) is 4.99 Å². The van der Waals surface area contributed by atoms with Crippen LogP contribution in [0.1, 0.15) is 25.7 Å². The maximum atomic E-state index is 5.64. The Morgan fingerprint density at radius 2 is 2.26 bits per heavy atom. The van der Waals surface area contributed by atoms with Crippen LogP contribution >= 0.6 is 0 Å². The standard InChI is InChI=1S/C16H29N5O2/c1-17-16(19-6-3-9-21-10-8-18-14-21)20-7-4-11-22-13-15-5-2-12-23-15/h8,10,14-15H,2-7,9,11-13H2,1H3,(H2,17,19,20). The second-order valence-electron chi connectivity index (χ2n) is 5.64. The van der Waals surface area contributed by atoms with Crippen LogP contribution in [0.15, 0.2) is 23.7 Å². The lowest BCUT2D eigenvalue weighted by Crippen LogP contribution is -2.38. The van der Waals surface area contributed by atoms with Crippen LogP contribution in [-0.4, -0.2) is 61.6 Å². The highest BCUT2D eigenvalue weighted by molar-refractivity contribution is 5.79. The van der Waals surface area contributed by atoms with Crippen LogP contribution in [0.2, 0.25) is 0 Å². The van der Waals surface area contributed by atoms with Crippen LogP contribution in [-0.2, 0) is 16.0 Å². The summed E-state index contributed by atoms with van der Waals surface area (Å²) < 4.78 is 13.2. The van der Waals surface area contributed by atoms with Gasteiger partial charge in [0, 0.05) is 52.3 Å². The number of guanidine groups is 1. The van der Waals surface area contributed by atoms with E-state index in [1.807, 2.05) is 12.5 Å². The number of aliphatic imine (C=N–C) groups is 1. The molecule has 1 aliphatic rings. The van der Waals surface area contributed by atoms with E-state index in [9.17, 15) is 0 Å². The molecule has 1 aromatic heterocycles. The van der Waals surface area contributed by atoms with Crippen molar-refractivity contribution in [3.8, 4) is 0 Å². The largest absolute Gasteiger partial charge is 0.379 e. The van der Waals surface area contributed by atoms with Crippen LogP contribution in [0.3, 0.4) is 0 Å². The van der Waals surface area contributed by atoms with Gasteiger partial charge in [-0.3, -0.25) is 4.99 Å². The topological polar surface area (TPSA) is 72.7 Å². The number of ether oxygens (including phenoxy) is 2. The first-order chi connectivity index (χ1) is 11.4. The average Bonchev–Trinajstić information content (AvgIpc) is 3.26. The number of nitrogens with zero attached hydrogens (tertiary/aromatic N) is 3. The van der Waals surface area contributed by atoms with E-state index in [2.05, 4.69) is 25.2 Å². The highest BCUT2D eigenvalue weighted by atomic mass is 16.5. The lowest BCUT2D eigenvalue weighted by molar-refractivity contribution is 0.0168. The van der Waals surface area contributed by atoms with Crippen molar-refractivity contribution in [1.29, 1.82) is 0 Å². The van der Waals surface area contributed by atoms with Crippen molar-refractivity contribution in [3.05, 3.63) is 18.7 Å². The molecule has 130 valence electrons. The predicted octanol–water partition coefficient (Wildman–Crippen LogP) is 1.02. The maximum absolute atomic E-state index is 5.64. The van der Waals surface area contributed by atoms with E-state index >= 15 is 0 Å². The van der Waals surface area contributed by atoms with Gasteiger partial charge in [-0.25, -0.2) is 4.98 Å². The Morgan fingerprint density at radius 3 is 2.96 bits per heavy atom. The summed E-state index contributed by atoms with van der Waals surface area (Å²) in [6.45, 7) is 5.06. The van der Waals surface area contributed by atoms with Gasteiger partial charge < -0.3 is 24.7 Å². The molecule has 0 amide bonds. The fourth-order valence-corrected chi connectivity index (χ4v) is 2.48. The molecule has 1 fully saturated rings. The first-order valence-electron chi connectivity index (χ1n) is 8.48. The van der Waals surface area contributed by atoms with Crippen molar-refractivity contribution >= 4 is 5.96 Å². The predicted molar refractivity (Wildman–Crippen MR) is 90.6 cm³/mol. The molecule has 1 saturated heterocycles. The van der Waals surface area contributed by atoms with Gasteiger partial charge >= 0.3 is 0 Å². The van der Waals surface area contributed by atoms with Gasteiger partial charge in [0.1, 0.15) is 0 Å². The number of hydrogen-bond acceptors (Lipinski definition) is 4. The molecule has 2 rings (SSSR count). The van der Waals surface area contributed by atoms with Gasteiger partial charge in [-0.1, -0.05) is 0 Å². The number of nitrogens with one attached hydrogen (secondary N) is 2. The number of rotatable bonds is 10. The van der Waals surface area contributed by atoms with Crippen LogP contribution in [0, 0.1) is 0 Å². The summed E-state index contributed by atoms with van der Waals surface area (Å²) in [6, 6.07) is 0. The van der Waals surface area contributed by atoms with Crippen molar-refractivity contribution in [1.82, 2.24) is 20.2 Å². The molecule has 7 heteroatoms. The lowest BCUT2D eigenvalue weighted by Gasteiger charge is -2.13. The normalized spacial score (nSPS) is 18.3. The van der Waals surface area contributed by atoms with Gasteiger partial charge in [-0.05, 0) is 25.7 Å². The smallest absolute Gasteiger partial charge is 0.190 e. The zero-order chi connectivity index (χ0) is 16.2. The summed E-state index contributed by atoms with van der Waals surface area (Å²) in [4.78, 5) is 8.25. The zero-order valence-corrected chi connectivity index (χ0v) is 14.0. The van der Waals surface area contributed by atoms with Crippen molar-refractivity contribution < 1.29 is 9.47 Å². The van der Waals surface area contributed by atoms with Gasteiger partial charge in [0.2, 0.25) is 0 Å². The molecule has 0 aliphatic carbocycles. The van der Waals surface area contributed by atoms with E-state index in [1.165, 1.54) is 6.42 Å². The van der Waals surface area contributed by atoms with Crippen LogP contribution < -0.4 is 10.6 Å². The van der Waals surface area contributed by atoms with Gasteiger partial charge in [0.15, 0.2) is 5.96 Å². The number of hydrogen-bond donors (Lipinski definition) is 2. The molecule has 1 atom stereocenters. The van der Waals surface area contributed by atoms with E-state index in [0.29, 0.717) is 6.10 Å². The minimum absolute atomic E-state index is 0.313. The quantitative estimate of drug-likeness (QED) is 0.382. The van der Waals surface area contributed by atoms with Crippen LogP contribution in [0.25, 0.3) is 0 Å². The highest BCUT2D eigenvalue weighted by Crippen LogP contribution is 2.11. The van der Waals surface area contributed by atoms with Gasteiger partial charge in [0.05, 0.1) is 19.0 Å². The molecular formula is C16H29N5O2. The molecule has 1 aromatic rings. The Bertz CT molecular complexity index is 430. The number of aromatic nitrogens is 2. The molecule has 23 heavy (non-hydrogen) atoms. The Labute approximate surface area is 138 Å². The minimum Gasteiger partial charge on any atom is -0.379 e. The maximum Gasteiger partial charge on any atom is 0.190 e. The third-order valence-electron chi connectivity index (χ3n) is 3.75. The summed E-state index contributed by atoms with van der Waals surface area (Å²) in [5.41, 5.74) is 0. The molecule has 2 heterocycles. The summed E-state index contributed by atoms with van der Waals surface area (Å²) in [5, 5.41) is 6.61. The molecule has 0 spiro atoms. The summed E-state index contributed by atoms with van der Waals surface area (Å²) in [5.74, 6) is 0.842. The Kier molecular flexibility index (Phi) is 8.50. The van der Waals surface area contributed by atoms with Gasteiger partial charge in [0.25, 0.3) is 0 Å². The second kappa shape index (κ2) is 11.0. The van der Waals surface area contributed by atoms with E-state index in [1.54, 1.807) is 13.2 Å². The van der Waals surface area contributed by atoms with Crippen molar-refractivity contribution in [2.75, 3.05) is 40.0 Å². The lowest BCUT2D eigenvalue weighted by atomic mass is 10.2. The summed E-state index contributed by atoms with van der Waals surface area (Å²) in [7, 11) is 1.79. The van der Waals surface area contributed by atoms with Gasteiger partial charge in [-0.2, -0.15) is 0 Å². The van der Waals surface area contributed by atoms with E-state index < -0.39 is 0 Å².